The summed E-state index contributed by atoms with van der Waals surface area (Å²) >= 11 is 0. The zero-order valence-electron chi connectivity index (χ0n) is 12.4. The Bertz CT molecular complexity index is 451. The first-order valence-electron chi connectivity index (χ1n) is 6.75. The van der Waals surface area contributed by atoms with Gasteiger partial charge in [0.2, 0.25) is 5.82 Å². The molecule has 20 heavy (non-hydrogen) atoms. The zero-order valence-corrected chi connectivity index (χ0v) is 12.4. The van der Waals surface area contributed by atoms with Crippen molar-refractivity contribution in [2.45, 2.75) is 46.1 Å². The van der Waals surface area contributed by atoms with Crippen molar-refractivity contribution < 1.29 is 9.66 Å². The highest BCUT2D eigenvalue weighted by Gasteiger charge is 2.24. The van der Waals surface area contributed by atoms with Gasteiger partial charge in [-0.3, -0.25) is 10.1 Å². The van der Waals surface area contributed by atoms with Gasteiger partial charge in [-0.2, -0.15) is 4.98 Å². The standard InChI is InChI=1S/C13H22N4O3/c1-9(2)6-5-7-10(3)16-12-11(17(18)19)13(20-4)15-8-14-12/h8-10H,5-7H2,1-4H3,(H,14,15,16). The highest BCUT2D eigenvalue weighted by molar-refractivity contribution is 5.61. The first kappa shape index (κ1) is 16.1. The molecule has 0 bridgehead atoms. The summed E-state index contributed by atoms with van der Waals surface area (Å²) in [5, 5.41) is 14.2. The number of hydrogen-bond donors (Lipinski definition) is 1. The molecule has 0 aromatic carbocycles. The minimum absolute atomic E-state index is 0.0260. The molecular formula is C13H22N4O3. The van der Waals surface area contributed by atoms with Gasteiger partial charge in [0.05, 0.1) is 12.0 Å². The maximum absolute atomic E-state index is 11.1. The van der Waals surface area contributed by atoms with E-state index in [1.807, 2.05) is 6.92 Å². The van der Waals surface area contributed by atoms with Gasteiger partial charge in [0, 0.05) is 6.04 Å². The van der Waals surface area contributed by atoms with E-state index in [4.69, 9.17) is 4.74 Å². The second kappa shape index (κ2) is 7.62. The number of aromatic nitrogens is 2. The van der Waals surface area contributed by atoms with Crippen LogP contribution >= 0.6 is 0 Å². The lowest BCUT2D eigenvalue weighted by Gasteiger charge is -2.15. The summed E-state index contributed by atoms with van der Waals surface area (Å²) in [7, 11) is 1.35. The Hall–Kier alpha value is -1.92. The van der Waals surface area contributed by atoms with E-state index in [-0.39, 0.29) is 23.4 Å². The SMILES string of the molecule is COc1ncnc(NC(C)CCCC(C)C)c1[N+](=O)[O-]. The summed E-state index contributed by atoms with van der Waals surface area (Å²) in [5.74, 6) is 0.844. The molecule has 0 aliphatic rings. The van der Waals surface area contributed by atoms with Crippen molar-refractivity contribution in [3.8, 4) is 5.88 Å². The lowest BCUT2D eigenvalue weighted by Crippen LogP contribution is -2.17. The fraction of sp³-hybridized carbons (Fsp3) is 0.692. The quantitative estimate of drug-likeness (QED) is 0.582. The van der Waals surface area contributed by atoms with Crippen molar-refractivity contribution in [2.75, 3.05) is 12.4 Å². The summed E-state index contributed by atoms with van der Waals surface area (Å²) < 4.78 is 4.91. The molecule has 7 heteroatoms. The first-order chi connectivity index (χ1) is 9.45. The first-order valence-corrected chi connectivity index (χ1v) is 6.75. The van der Waals surface area contributed by atoms with Crippen molar-refractivity contribution in [1.29, 1.82) is 0 Å². The van der Waals surface area contributed by atoms with E-state index >= 15 is 0 Å². The van der Waals surface area contributed by atoms with Crippen LogP contribution in [0.15, 0.2) is 6.33 Å². The maximum Gasteiger partial charge on any atom is 0.372 e. The van der Waals surface area contributed by atoms with Gasteiger partial charge in [0.25, 0.3) is 5.88 Å². The monoisotopic (exact) mass is 282 g/mol. The topological polar surface area (TPSA) is 90.2 Å². The maximum atomic E-state index is 11.1. The third-order valence-corrected chi connectivity index (χ3v) is 2.97. The van der Waals surface area contributed by atoms with Gasteiger partial charge in [-0.05, 0) is 19.3 Å². The molecule has 7 nitrogen and oxygen atoms in total. The van der Waals surface area contributed by atoms with Gasteiger partial charge in [0.1, 0.15) is 6.33 Å². The molecule has 1 N–H and O–H groups in total. The van der Waals surface area contributed by atoms with E-state index in [0.29, 0.717) is 5.92 Å². The molecule has 0 aliphatic heterocycles. The van der Waals surface area contributed by atoms with Crippen molar-refractivity contribution in [1.82, 2.24) is 9.97 Å². The number of rotatable bonds is 8. The van der Waals surface area contributed by atoms with Crippen LogP contribution in [-0.2, 0) is 0 Å². The third kappa shape index (κ3) is 4.64. The molecule has 0 aliphatic carbocycles. The molecule has 0 spiro atoms. The predicted molar refractivity (Wildman–Crippen MR) is 77.0 cm³/mol. The van der Waals surface area contributed by atoms with Crippen LogP contribution in [0.25, 0.3) is 0 Å². The van der Waals surface area contributed by atoms with Crippen LogP contribution in [0, 0.1) is 16.0 Å². The average Bonchev–Trinajstić information content (AvgIpc) is 2.37. The normalized spacial score (nSPS) is 12.2. The molecule has 1 aromatic heterocycles. The smallest absolute Gasteiger partial charge is 0.372 e. The van der Waals surface area contributed by atoms with Crippen LogP contribution in [0.3, 0.4) is 0 Å². The van der Waals surface area contributed by atoms with Crippen LogP contribution in [-0.4, -0.2) is 28.0 Å². The number of ether oxygens (including phenoxy) is 1. The minimum atomic E-state index is -0.526. The minimum Gasteiger partial charge on any atom is -0.476 e. The Labute approximate surface area is 118 Å². The zero-order chi connectivity index (χ0) is 15.1. The summed E-state index contributed by atoms with van der Waals surface area (Å²) in [6, 6.07) is 0.104. The van der Waals surface area contributed by atoms with Gasteiger partial charge in [-0.1, -0.05) is 26.7 Å². The molecule has 112 valence electrons. The molecule has 0 fully saturated rings. The van der Waals surface area contributed by atoms with Crippen LogP contribution in [0.2, 0.25) is 0 Å². The molecule has 1 heterocycles. The molecular weight excluding hydrogens is 260 g/mol. The fourth-order valence-corrected chi connectivity index (χ4v) is 1.92. The number of anilines is 1. The Morgan fingerprint density at radius 2 is 2.05 bits per heavy atom. The Morgan fingerprint density at radius 1 is 1.35 bits per heavy atom. The summed E-state index contributed by atoms with van der Waals surface area (Å²) in [6.07, 6.45) is 4.40. The second-order valence-electron chi connectivity index (χ2n) is 5.21. The van der Waals surface area contributed by atoms with Crippen molar-refractivity contribution in [3.05, 3.63) is 16.4 Å². The summed E-state index contributed by atoms with van der Waals surface area (Å²) in [4.78, 5) is 18.3. The predicted octanol–water partition coefficient (Wildman–Crippen LogP) is 3.02. The Kier molecular flexibility index (Phi) is 6.14. The average molecular weight is 282 g/mol. The van der Waals surface area contributed by atoms with Crippen LogP contribution in [0.5, 0.6) is 5.88 Å². The molecule has 1 rings (SSSR count). The van der Waals surface area contributed by atoms with Crippen LogP contribution < -0.4 is 10.1 Å². The van der Waals surface area contributed by atoms with E-state index < -0.39 is 4.92 Å². The van der Waals surface area contributed by atoms with E-state index in [2.05, 4.69) is 29.1 Å². The highest BCUT2D eigenvalue weighted by atomic mass is 16.6. The van der Waals surface area contributed by atoms with E-state index in [1.165, 1.54) is 13.4 Å². The van der Waals surface area contributed by atoms with E-state index in [9.17, 15) is 10.1 Å². The summed E-state index contributed by atoms with van der Waals surface area (Å²) in [5.41, 5.74) is -0.217. The lowest BCUT2D eigenvalue weighted by atomic mass is 10.0. The molecule has 0 saturated carbocycles. The van der Waals surface area contributed by atoms with Gasteiger partial charge < -0.3 is 10.1 Å². The number of nitrogens with zero attached hydrogens (tertiary/aromatic N) is 3. The number of nitrogens with one attached hydrogen (secondary N) is 1. The Morgan fingerprint density at radius 3 is 2.60 bits per heavy atom. The van der Waals surface area contributed by atoms with Crippen LogP contribution in [0.1, 0.15) is 40.0 Å². The number of methoxy groups -OCH3 is 1. The summed E-state index contributed by atoms with van der Waals surface area (Å²) in [6.45, 7) is 6.34. The molecule has 1 aromatic rings. The highest BCUT2D eigenvalue weighted by Crippen LogP contribution is 2.31. The largest absolute Gasteiger partial charge is 0.476 e. The molecule has 1 unspecified atom stereocenters. The Balaban J connectivity index is 2.74. The van der Waals surface area contributed by atoms with Crippen LogP contribution in [0.4, 0.5) is 11.5 Å². The third-order valence-electron chi connectivity index (χ3n) is 2.97. The fourth-order valence-electron chi connectivity index (χ4n) is 1.92. The van der Waals surface area contributed by atoms with Gasteiger partial charge in [-0.15, -0.1) is 0 Å². The van der Waals surface area contributed by atoms with Gasteiger partial charge in [-0.25, -0.2) is 4.98 Å². The number of nitro groups is 1. The van der Waals surface area contributed by atoms with Crippen molar-refractivity contribution in [2.24, 2.45) is 5.92 Å². The molecule has 0 radical (unpaired) electrons. The van der Waals surface area contributed by atoms with E-state index in [1.54, 1.807) is 0 Å². The van der Waals surface area contributed by atoms with Gasteiger partial charge >= 0.3 is 5.69 Å². The van der Waals surface area contributed by atoms with E-state index in [0.717, 1.165) is 19.3 Å². The van der Waals surface area contributed by atoms with Crippen molar-refractivity contribution in [3.63, 3.8) is 0 Å². The second-order valence-corrected chi connectivity index (χ2v) is 5.21. The molecule has 0 saturated heterocycles. The molecule has 1 atom stereocenters. The molecule has 0 amide bonds. The van der Waals surface area contributed by atoms with Crippen molar-refractivity contribution >= 4 is 11.5 Å². The van der Waals surface area contributed by atoms with Gasteiger partial charge in [0.15, 0.2) is 0 Å². The lowest BCUT2D eigenvalue weighted by molar-refractivity contribution is -0.385. The number of hydrogen-bond acceptors (Lipinski definition) is 6.